The van der Waals surface area contributed by atoms with Gasteiger partial charge in [-0.15, -0.1) is 0 Å². The van der Waals surface area contributed by atoms with E-state index in [-0.39, 0.29) is 29.7 Å². The summed E-state index contributed by atoms with van der Waals surface area (Å²) in [6.45, 7) is 4.33. The molecule has 1 aromatic carbocycles. The fourth-order valence-electron chi connectivity index (χ4n) is 3.11. The van der Waals surface area contributed by atoms with Gasteiger partial charge in [-0.1, -0.05) is 0 Å². The van der Waals surface area contributed by atoms with Gasteiger partial charge in [0, 0.05) is 56.1 Å². The molecule has 0 saturated carbocycles. The van der Waals surface area contributed by atoms with Crippen molar-refractivity contribution in [2.75, 3.05) is 18.4 Å². The first kappa shape index (κ1) is 17.1. The molecule has 0 saturated heterocycles. The number of non-ortho nitro benzene ring substituents is 1. The van der Waals surface area contributed by atoms with Gasteiger partial charge in [0.05, 0.1) is 10.6 Å². The standard InChI is InChI=1S/C17H19FN4O3/c1-12-16-3-2-7-21(16)10-9-20(12)8-6-17(23)19-15-11-13(22(24)25)4-5-14(15)18/h2-5,7,11-12H,6,8-10H2,1H3,(H,19,23). The van der Waals surface area contributed by atoms with Crippen LogP contribution < -0.4 is 5.32 Å². The number of carbonyl (C=O) groups is 1. The molecule has 8 heteroatoms. The van der Waals surface area contributed by atoms with Gasteiger partial charge in [0.25, 0.3) is 5.69 Å². The van der Waals surface area contributed by atoms with Crippen LogP contribution in [0.2, 0.25) is 0 Å². The topological polar surface area (TPSA) is 80.4 Å². The van der Waals surface area contributed by atoms with Gasteiger partial charge in [-0.25, -0.2) is 4.39 Å². The summed E-state index contributed by atoms with van der Waals surface area (Å²) in [5.74, 6) is -1.06. The van der Waals surface area contributed by atoms with Crippen LogP contribution in [0.4, 0.5) is 15.8 Å². The Morgan fingerprint density at radius 2 is 2.20 bits per heavy atom. The van der Waals surface area contributed by atoms with Gasteiger partial charge in [-0.2, -0.15) is 0 Å². The molecule has 2 heterocycles. The number of nitrogens with one attached hydrogen (secondary N) is 1. The fraction of sp³-hybridized carbons (Fsp3) is 0.353. The summed E-state index contributed by atoms with van der Waals surface area (Å²) in [7, 11) is 0. The summed E-state index contributed by atoms with van der Waals surface area (Å²) in [5.41, 5.74) is 0.776. The van der Waals surface area contributed by atoms with E-state index in [9.17, 15) is 19.3 Å². The number of carbonyl (C=O) groups excluding carboxylic acids is 1. The summed E-state index contributed by atoms with van der Waals surface area (Å²) in [6.07, 6.45) is 2.23. The third kappa shape index (κ3) is 3.69. The molecular weight excluding hydrogens is 327 g/mol. The highest BCUT2D eigenvalue weighted by Gasteiger charge is 2.23. The minimum absolute atomic E-state index is 0.167. The van der Waals surface area contributed by atoms with E-state index in [1.165, 1.54) is 5.69 Å². The third-order valence-corrected chi connectivity index (χ3v) is 4.53. The first-order chi connectivity index (χ1) is 12.0. The predicted molar refractivity (Wildman–Crippen MR) is 90.7 cm³/mol. The summed E-state index contributed by atoms with van der Waals surface area (Å²) < 4.78 is 15.9. The van der Waals surface area contributed by atoms with E-state index in [0.29, 0.717) is 6.54 Å². The highest BCUT2D eigenvalue weighted by atomic mass is 19.1. The zero-order chi connectivity index (χ0) is 18.0. The molecule has 0 aliphatic carbocycles. The van der Waals surface area contributed by atoms with Crippen LogP contribution in [-0.4, -0.2) is 33.4 Å². The molecule has 0 bridgehead atoms. The van der Waals surface area contributed by atoms with Gasteiger partial charge in [-0.3, -0.25) is 19.8 Å². The average molecular weight is 346 g/mol. The van der Waals surface area contributed by atoms with Gasteiger partial charge in [0.1, 0.15) is 5.82 Å². The number of aromatic nitrogens is 1. The highest BCUT2D eigenvalue weighted by Crippen LogP contribution is 2.25. The van der Waals surface area contributed by atoms with Crippen LogP contribution in [0.5, 0.6) is 0 Å². The normalized spacial score (nSPS) is 17.1. The molecule has 2 aromatic rings. The van der Waals surface area contributed by atoms with Crippen molar-refractivity contribution in [2.24, 2.45) is 0 Å². The molecule has 1 amide bonds. The Morgan fingerprint density at radius 3 is 2.96 bits per heavy atom. The average Bonchev–Trinajstić information content (AvgIpc) is 3.05. The Hall–Kier alpha value is -2.74. The van der Waals surface area contributed by atoms with Crippen LogP contribution in [0.1, 0.15) is 25.1 Å². The summed E-state index contributed by atoms with van der Waals surface area (Å²) >= 11 is 0. The maximum absolute atomic E-state index is 13.7. The molecular formula is C17H19FN4O3. The number of nitro groups is 1. The van der Waals surface area contributed by atoms with E-state index in [2.05, 4.69) is 27.8 Å². The maximum atomic E-state index is 13.7. The van der Waals surface area contributed by atoms with Crippen molar-refractivity contribution >= 4 is 17.3 Å². The van der Waals surface area contributed by atoms with E-state index < -0.39 is 10.7 Å². The molecule has 0 radical (unpaired) electrons. The van der Waals surface area contributed by atoms with Crippen LogP contribution in [0.15, 0.2) is 36.5 Å². The minimum atomic E-state index is -0.692. The second-order valence-corrected chi connectivity index (χ2v) is 6.06. The lowest BCUT2D eigenvalue weighted by atomic mass is 10.1. The molecule has 132 valence electrons. The number of nitrogens with zero attached hydrogens (tertiary/aromatic N) is 3. The number of nitro benzene ring substituents is 1. The van der Waals surface area contributed by atoms with E-state index in [1.807, 2.05) is 12.3 Å². The number of halogens is 1. The zero-order valence-corrected chi connectivity index (χ0v) is 13.8. The van der Waals surface area contributed by atoms with Crippen LogP contribution in [-0.2, 0) is 11.3 Å². The van der Waals surface area contributed by atoms with Crippen LogP contribution in [0.3, 0.4) is 0 Å². The fourth-order valence-corrected chi connectivity index (χ4v) is 3.11. The number of anilines is 1. The number of hydrogen-bond acceptors (Lipinski definition) is 4. The maximum Gasteiger partial charge on any atom is 0.271 e. The summed E-state index contributed by atoms with van der Waals surface area (Å²) in [5, 5.41) is 13.2. The summed E-state index contributed by atoms with van der Waals surface area (Å²) in [4.78, 5) is 24.4. The van der Waals surface area contributed by atoms with Crippen molar-refractivity contribution in [2.45, 2.75) is 25.9 Å². The molecule has 7 nitrogen and oxygen atoms in total. The lowest BCUT2D eigenvalue weighted by Crippen LogP contribution is -2.38. The Kier molecular flexibility index (Phi) is 4.80. The van der Waals surface area contributed by atoms with Crippen molar-refractivity contribution < 1.29 is 14.1 Å². The smallest absolute Gasteiger partial charge is 0.271 e. The molecule has 1 unspecified atom stereocenters. The van der Waals surface area contributed by atoms with Crippen LogP contribution in [0.25, 0.3) is 0 Å². The predicted octanol–water partition coefficient (Wildman–Crippen LogP) is 2.94. The Labute approximate surface area is 144 Å². The molecule has 1 aromatic heterocycles. The molecule has 1 N–H and O–H groups in total. The second kappa shape index (κ2) is 7.02. The van der Waals surface area contributed by atoms with Crippen molar-refractivity contribution in [1.29, 1.82) is 0 Å². The first-order valence-corrected chi connectivity index (χ1v) is 8.08. The molecule has 25 heavy (non-hydrogen) atoms. The Balaban J connectivity index is 1.59. The zero-order valence-electron chi connectivity index (χ0n) is 13.8. The molecule has 0 fully saturated rings. The minimum Gasteiger partial charge on any atom is -0.349 e. The molecule has 1 aliphatic rings. The molecule has 3 rings (SSSR count). The van der Waals surface area contributed by atoms with Crippen molar-refractivity contribution in [3.05, 3.63) is 58.2 Å². The Morgan fingerprint density at radius 1 is 1.40 bits per heavy atom. The molecule has 0 spiro atoms. The van der Waals surface area contributed by atoms with E-state index in [0.717, 1.165) is 31.3 Å². The second-order valence-electron chi connectivity index (χ2n) is 6.06. The van der Waals surface area contributed by atoms with Crippen LogP contribution in [0, 0.1) is 15.9 Å². The number of benzene rings is 1. The highest BCUT2D eigenvalue weighted by molar-refractivity contribution is 5.91. The molecule has 1 aliphatic heterocycles. The SMILES string of the molecule is CC1c2cccn2CCN1CCC(=O)Nc1cc([N+](=O)[O-])ccc1F. The molecule has 1 atom stereocenters. The number of rotatable bonds is 5. The van der Waals surface area contributed by atoms with Gasteiger partial charge < -0.3 is 9.88 Å². The first-order valence-electron chi connectivity index (χ1n) is 8.08. The number of amides is 1. The van der Waals surface area contributed by atoms with Gasteiger partial charge in [-0.05, 0) is 25.1 Å². The largest absolute Gasteiger partial charge is 0.349 e. The number of fused-ring (bicyclic) bond motifs is 1. The lowest BCUT2D eigenvalue weighted by molar-refractivity contribution is -0.384. The van der Waals surface area contributed by atoms with E-state index >= 15 is 0 Å². The third-order valence-electron chi connectivity index (χ3n) is 4.53. The van der Waals surface area contributed by atoms with Gasteiger partial charge >= 0.3 is 0 Å². The van der Waals surface area contributed by atoms with Gasteiger partial charge in [0.15, 0.2) is 0 Å². The summed E-state index contributed by atoms with van der Waals surface area (Å²) in [6, 6.07) is 7.35. The Bertz CT molecular complexity index is 805. The van der Waals surface area contributed by atoms with Crippen molar-refractivity contribution in [3.8, 4) is 0 Å². The van der Waals surface area contributed by atoms with Crippen LogP contribution >= 0.6 is 0 Å². The quantitative estimate of drug-likeness (QED) is 0.667. The van der Waals surface area contributed by atoms with Crippen molar-refractivity contribution in [3.63, 3.8) is 0 Å². The number of hydrogen-bond donors (Lipinski definition) is 1. The lowest BCUT2D eigenvalue weighted by Gasteiger charge is -2.34. The van der Waals surface area contributed by atoms with Gasteiger partial charge in [0.2, 0.25) is 5.91 Å². The van der Waals surface area contributed by atoms with E-state index in [1.54, 1.807) is 0 Å². The monoisotopic (exact) mass is 346 g/mol. The van der Waals surface area contributed by atoms with E-state index in [4.69, 9.17) is 0 Å². The van der Waals surface area contributed by atoms with Crippen molar-refractivity contribution in [1.82, 2.24) is 9.47 Å².